The van der Waals surface area contributed by atoms with Crippen molar-refractivity contribution in [1.82, 2.24) is 5.32 Å². The van der Waals surface area contributed by atoms with Gasteiger partial charge in [0.25, 0.3) is 0 Å². The molecule has 4 heteroatoms. The van der Waals surface area contributed by atoms with Gasteiger partial charge in [0.1, 0.15) is 11.6 Å². The summed E-state index contributed by atoms with van der Waals surface area (Å²) in [4.78, 5) is 12.1. The van der Waals surface area contributed by atoms with Crippen LogP contribution in [0.15, 0.2) is 18.2 Å². The Morgan fingerprint density at radius 1 is 1.15 bits per heavy atom. The number of amides is 1. The fraction of sp³-hybridized carbons (Fsp3) is 0.562. The maximum absolute atomic E-state index is 13.0. The highest BCUT2D eigenvalue weighted by molar-refractivity contribution is 5.79. The van der Waals surface area contributed by atoms with E-state index < -0.39 is 11.6 Å². The van der Waals surface area contributed by atoms with Crippen molar-refractivity contribution in [2.75, 3.05) is 6.54 Å². The maximum Gasteiger partial charge on any atom is 0.223 e. The van der Waals surface area contributed by atoms with Crippen molar-refractivity contribution < 1.29 is 13.6 Å². The van der Waals surface area contributed by atoms with Crippen molar-refractivity contribution in [3.05, 3.63) is 35.4 Å². The van der Waals surface area contributed by atoms with Crippen molar-refractivity contribution in [2.45, 2.75) is 32.1 Å². The number of nitrogens with one attached hydrogen (secondary N) is 1. The zero-order valence-electron chi connectivity index (χ0n) is 11.4. The van der Waals surface area contributed by atoms with Gasteiger partial charge in [0.05, 0.1) is 0 Å². The summed E-state index contributed by atoms with van der Waals surface area (Å²) < 4.78 is 26.1. The predicted molar refractivity (Wildman–Crippen MR) is 72.0 cm³/mol. The molecule has 3 unspecified atom stereocenters. The molecule has 1 amide bonds. The van der Waals surface area contributed by atoms with Gasteiger partial charge in [0, 0.05) is 18.5 Å². The fourth-order valence-corrected chi connectivity index (χ4v) is 3.78. The van der Waals surface area contributed by atoms with Gasteiger partial charge in [-0.25, -0.2) is 8.78 Å². The van der Waals surface area contributed by atoms with Gasteiger partial charge >= 0.3 is 0 Å². The second-order valence-electron chi connectivity index (χ2n) is 6.10. The van der Waals surface area contributed by atoms with E-state index in [4.69, 9.17) is 0 Å². The Balaban J connectivity index is 1.49. The van der Waals surface area contributed by atoms with Crippen molar-refractivity contribution in [1.29, 1.82) is 0 Å². The third-order valence-corrected chi connectivity index (χ3v) is 4.71. The molecule has 0 radical (unpaired) electrons. The minimum atomic E-state index is -0.570. The van der Waals surface area contributed by atoms with E-state index in [0.29, 0.717) is 24.4 Å². The van der Waals surface area contributed by atoms with E-state index in [0.717, 1.165) is 18.4 Å². The first-order valence-electron chi connectivity index (χ1n) is 7.34. The van der Waals surface area contributed by atoms with Crippen molar-refractivity contribution in [2.24, 2.45) is 17.8 Å². The summed E-state index contributed by atoms with van der Waals surface area (Å²) in [5, 5.41) is 2.91. The van der Waals surface area contributed by atoms with Gasteiger partial charge < -0.3 is 5.32 Å². The molecule has 1 aromatic rings. The lowest BCUT2D eigenvalue weighted by Gasteiger charge is -2.20. The average Bonchev–Trinajstić information content (AvgIpc) is 2.99. The molecule has 1 aromatic carbocycles. The first-order chi connectivity index (χ1) is 9.61. The van der Waals surface area contributed by atoms with Crippen LogP contribution in [-0.2, 0) is 11.2 Å². The smallest absolute Gasteiger partial charge is 0.223 e. The second kappa shape index (κ2) is 5.51. The molecule has 0 saturated heterocycles. The van der Waals surface area contributed by atoms with Gasteiger partial charge in [0.2, 0.25) is 5.91 Å². The van der Waals surface area contributed by atoms with E-state index in [1.807, 2.05) is 0 Å². The van der Waals surface area contributed by atoms with Gasteiger partial charge in [-0.2, -0.15) is 0 Å². The Labute approximate surface area is 117 Å². The van der Waals surface area contributed by atoms with E-state index in [2.05, 4.69) is 5.32 Å². The van der Waals surface area contributed by atoms with Crippen LogP contribution in [0.1, 0.15) is 31.2 Å². The number of carbonyl (C=O) groups excluding carboxylic acids is 1. The van der Waals surface area contributed by atoms with Crippen LogP contribution in [0, 0.1) is 29.4 Å². The molecule has 1 N–H and O–H groups in total. The Hall–Kier alpha value is -1.45. The van der Waals surface area contributed by atoms with E-state index in [9.17, 15) is 13.6 Å². The van der Waals surface area contributed by atoms with Crippen LogP contribution in [0.4, 0.5) is 8.78 Å². The monoisotopic (exact) mass is 279 g/mol. The summed E-state index contributed by atoms with van der Waals surface area (Å²) in [5.41, 5.74) is 0.579. The third kappa shape index (κ3) is 2.84. The Bertz CT molecular complexity index is 497. The van der Waals surface area contributed by atoms with Crippen LogP contribution in [0.3, 0.4) is 0 Å². The molecule has 0 heterocycles. The van der Waals surface area contributed by atoms with Crippen LogP contribution < -0.4 is 5.32 Å². The number of rotatable bonds is 4. The molecule has 3 atom stereocenters. The molecule has 2 fully saturated rings. The lowest BCUT2D eigenvalue weighted by atomic mass is 9.88. The van der Waals surface area contributed by atoms with Crippen molar-refractivity contribution in [3.63, 3.8) is 0 Å². The standard InChI is InChI=1S/C16H19F2NO/c17-13-6-11(7-14(18)9-13)3-4-19-16(20)15-8-10-1-2-12(15)5-10/h6-7,9-10,12,15H,1-5,8H2,(H,19,20). The molecule has 2 aliphatic rings. The minimum Gasteiger partial charge on any atom is -0.356 e. The van der Waals surface area contributed by atoms with E-state index in [1.54, 1.807) is 0 Å². The zero-order valence-corrected chi connectivity index (χ0v) is 11.4. The lowest BCUT2D eigenvalue weighted by Crippen LogP contribution is -2.34. The van der Waals surface area contributed by atoms with Gasteiger partial charge in [-0.15, -0.1) is 0 Å². The van der Waals surface area contributed by atoms with Crippen LogP contribution in [0.2, 0.25) is 0 Å². The van der Waals surface area contributed by atoms with Gasteiger partial charge in [-0.3, -0.25) is 4.79 Å². The SMILES string of the molecule is O=C(NCCc1cc(F)cc(F)c1)C1CC2CCC1C2. The first-order valence-corrected chi connectivity index (χ1v) is 7.34. The van der Waals surface area contributed by atoms with E-state index in [-0.39, 0.29) is 11.8 Å². The Morgan fingerprint density at radius 3 is 2.50 bits per heavy atom. The number of carbonyl (C=O) groups is 1. The van der Waals surface area contributed by atoms with Crippen LogP contribution in [0.5, 0.6) is 0 Å². The molecule has 0 aromatic heterocycles. The molecule has 20 heavy (non-hydrogen) atoms. The molecule has 0 aliphatic heterocycles. The van der Waals surface area contributed by atoms with Gasteiger partial charge in [-0.05, 0) is 55.2 Å². The van der Waals surface area contributed by atoms with E-state index in [1.165, 1.54) is 31.4 Å². The number of benzene rings is 1. The summed E-state index contributed by atoms with van der Waals surface area (Å²) in [6, 6.07) is 3.48. The van der Waals surface area contributed by atoms with E-state index >= 15 is 0 Å². The molecule has 2 bridgehead atoms. The topological polar surface area (TPSA) is 29.1 Å². The summed E-state index contributed by atoms with van der Waals surface area (Å²) in [6.07, 6.45) is 5.13. The number of hydrogen-bond donors (Lipinski definition) is 1. The Morgan fingerprint density at radius 2 is 1.90 bits per heavy atom. The number of halogens is 2. The molecular weight excluding hydrogens is 260 g/mol. The largest absolute Gasteiger partial charge is 0.356 e. The van der Waals surface area contributed by atoms with Gasteiger partial charge in [-0.1, -0.05) is 6.42 Å². The second-order valence-corrected chi connectivity index (χ2v) is 6.10. The van der Waals surface area contributed by atoms with Crippen molar-refractivity contribution in [3.8, 4) is 0 Å². The maximum atomic E-state index is 13.0. The molecule has 2 nitrogen and oxygen atoms in total. The molecule has 108 valence electrons. The van der Waals surface area contributed by atoms with Crippen molar-refractivity contribution >= 4 is 5.91 Å². The number of fused-ring (bicyclic) bond motifs is 2. The molecule has 0 spiro atoms. The first kappa shape index (κ1) is 13.5. The normalized spacial score (nSPS) is 27.8. The summed E-state index contributed by atoms with van der Waals surface area (Å²) >= 11 is 0. The zero-order chi connectivity index (χ0) is 14.1. The number of hydrogen-bond acceptors (Lipinski definition) is 1. The molecule has 2 saturated carbocycles. The van der Waals surface area contributed by atoms with Crippen LogP contribution in [-0.4, -0.2) is 12.5 Å². The highest BCUT2D eigenvalue weighted by atomic mass is 19.1. The molecule has 3 rings (SSSR count). The summed E-state index contributed by atoms with van der Waals surface area (Å²) in [5.74, 6) is 0.450. The summed E-state index contributed by atoms with van der Waals surface area (Å²) in [7, 11) is 0. The third-order valence-electron chi connectivity index (χ3n) is 4.71. The molecular formula is C16H19F2NO. The highest BCUT2D eigenvalue weighted by Crippen LogP contribution is 2.48. The lowest BCUT2D eigenvalue weighted by molar-refractivity contribution is -0.126. The summed E-state index contributed by atoms with van der Waals surface area (Å²) in [6.45, 7) is 0.440. The van der Waals surface area contributed by atoms with Crippen LogP contribution >= 0.6 is 0 Å². The molecule has 2 aliphatic carbocycles. The quantitative estimate of drug-likeness (QED) is 0.901. The highest BCUT2D eigenvalue weighted by Gasteiger charge is 2.42. The Kier molecular flexibility index (Phi) is 3.72. The minimum absolute atomic E-state index is 0.120. The fourth-order valence-electron chi connectivity index (χ4n) is 3.78. The van der Waals surface area contributed by atoms with Gasteiger partial charge in [0.15, 0.2) is 0 Å². The average molecular weight is 279 g/mol. The predicted octanol–water partition coefficient (Wildman–Crippen LogP) is 3.06. The van der Waals surface area contributed by atoms with Crippen LogP contribution in [0.25, 0.3) is 0 Å².